The smallest absolute Gasteiger partial charge is 0.435 e. The number of halogens is 3. The number of hydrogen-bond acceptors (Lipinski definition) is 6. The highest BCUT2D eigenvalue weighted by Crippen LogP contribution is 2.38. The third kappa shape index (κ3) is 5.89. The zero-order chi connectivity index (χ0) is 32.6. The molecule has 6 rings (SSSR count). The minimum absolute atomic E-state index is 0.0171. The minimum atomic E-state index is -4.83. The zero-order valence-corrected chi connectivity index (χ0v) is 25.4. The molecule has 2 aromatic carbocycles. The number of rotatable bonds is 8. The molecule has 0 aliphatic carbocycles. The predicted molar refractivity (Wildman–Crippen MR) is 165 cm³/mol. The molecule has 46 heavy (non-hydrogen) atoms. The number of alkyl halides is 3. The van der Waals surface area contributed by atoms with Crippen LogP contribution in [0.2, 0.25) is 0 Å². The van der Waals surface area contributed by atoms with Crippen LogP contribution >= 0.6 is 0 Å². The van der Waals surface area contributed by atoms with E-state index in [2.05, 4.69) is 15.3 Å². The molecule has 2 aliphatic heterocycles. The van der Waals surface area contributed by atoms with Crippen LogP contribution in [0.4, 0.5) is 18.9 Å². The molecule has 2 aliphatic rings. The summed E-state index contributed by atoms with van der Waals surface area (Å²) >= 11 is 0. The number of methoxy groups -OCH3 is 1. The van der Waals surface area contributed by atoms with Gasteiger partial charge in [0.2, 0.25) is 0 Å². The third-order valence-electron chi connectivity index (χ3n) is 8.66. The monoisotopic (exact) mass is 634 g/mol. The van der Waals surface area contributed by atoms with Gasteiger partial charge in [0.15, 0.2) is 5.69 Å². The van der Waals surface area contributed by atoms with E-state index in [-0.39, 0.29) is 41.0 Å². The number of likely N-dealkylation sites (tertiary alicyclic amines) is 1. The SMILES string of the molecule is COc1ccc(-n2nc(C(F)(F)F)c3c2C(=O)N(c2ccc(-n4ccccc4=O)cc2)CC3)c(C(=O)NCCC2CCCN2C)c1. The van der Waals surface area contributed by atoms with E-state index in [1.165, 1.54) is 40.8 Å². The fraction of sp³-hybridized carbons (Fsp3) is 0.333. The Labute approximate surface area is 263 Å². The van der Waals surface area contributed by atoms with Crippen LogP contribution in [0.25, 0.3) is 11.4 Å². The van der Waals surface area contributed by atoms with Gasteiger partial charge in [0.1, 0.15) is 11.4 Å². The highest BCUT2D eigenvalue weighted by Gasteiger charge is 2.43. The van der Waals surface area contributed by atoms with Crippen molar-refractivity contribution >= 4 is 17.5 Å². The summed E-state index contributed by atoms with van der Waals surface area (Å²) in [5.74, 6) is -0.883. The maximum atomic E-state index is 14.3. The Kier molecular flexibility index (Phi) is 8.43. The number of nitrogens with zero attached hydrogens (tertiary/aromatic N) is 5. The summed E-state index contributed by atoms with van der Waals surface area (Å²) in [5, 5.41) is 6.80. The zero-order valence-electron chi connectivity index (χ0n) is 25.4. The van der Waals surface area contributed by atoms with Crippen LogP contribution in [0, 0.1) is 0 Å². The number of hydrogen-bond donors (Lipinski definition) is 1. The van der Waals surface area contributed by atoms with Crippen molar-refractivity contribution in [3.05, 3.63) is 99.7 Å². The maximum Gasteiger partial charge on any atom is 0.435 e. The van der Waals surface area contributed by atoms with Crippen molar-refractivity contribution in [1.82, 2.24) is 24.6 Å². The Balaban J connectivity index is 1.36. The minimum Gasteiger partial charge on any atom is -0.497 e. The van der Waals surface area contributed by atoms with E-state index in [1.807, 2.05) is 7.05 Å². The summed E-state index contributed by atoms with van der Waals surface area (Å²) in [7, 11) is 3.46. The number of pyridine rings is 1. The molecule has 240 valence electrons. The summed E-state index contributed by atoms with van der Waals surface area (Å²) in [5.41, 5.74) is -0.839. The van der Waals surface area contributed by atoms with Gasteiger partial charge in [0.25, 0.3) is 17.4 Å². The molecule has 13 heteroatoms. The first kappa shape index (κ1) is 31.1. The molecule has 1 fully saturated rings. The van der Waals surface area contributed by atoms with Crippen LogP contribution in [0.15, 0.2) is 71.7 Å². The lowest BCUT2D eigenvalue weighted by atomic mass is 10.0. The molecular weight excluding hydrogens is 601 g/mol. The predicted octanol–water partition coefficient (Wildman–Crippen LogP) is 4.47. The second-order valence-electron chi connectivity index (χ2n) is 11.4. The fourth-order valence-electron chi connectivity index (χ4n) is 6.24. The Morgan fingerprint density at radius 3 is 2.48 bits per heavy atom. The van der Waals surface area contributed by atoms with Gasteiger partial charge in [0.05, 0.1) is 18.4 Å². The van der Waals surface area contributed by atoms with E-state index in [9.17, 15) is 27.6 Å². The van der Waals surface area contributed by atoms with Crippen LogP contribution in [0.1, 0.15) is 51.4 Å². The van der Waals surface area contributed by atoms with Crippen molar-refractivity contribution in [3.63, 3.8) is 0 Å². The number of carbonyl (C=O) groups is 2. The van der Waals surface area contributed by atoms with Crippen molar-refractivity contribution in [2.45, 2.75) is 37.9 Å². The summed E-state index contributed by atoms with van der Waals surface area (Å²) in [6.07, 6.45) is -0.483. The van der Waals surface area contributed by atoms with E-state index in [0.717, 1.165) is 30.5 Å². The second-order valence-corrected chi connectivity index (χ2v) is 11.4. The summed E-state index contributed by atoms with van der Waals surface area (Å²) in [6.45, 7) is 1.34. The summed E-state index contributed by atoms with van der Waals surface area (Å²) in [4.78, 5) is 43.4. The molecule has 2 aromatic heterocycles. The normalized spacial score (nSPS) is 16.8. The van der Waals surface area contributed by atoms with E-state index < -0.39 is 23.7 Å². The summed E-state index contributed by atoms with van der Waals surface area (Å²) < 4.78 is 50.5. The van der Waals surface area contributed by atoms with E-state index in [0.29, 0.717) is 29.7 Å². The van der Waals surface area contributed by atoms with Crippen molar-refractivity contribution < 1.29 is 27.5 Å². The van der Waals surface area contributed by atoms with Crippen LogP contribution < -0.4 is 20.5 Å². The Bertz CT molecular complexity index is 1830. The van der Waals surface area contributed by atoms with Gasteiger partial charge in [-0.3, -0.25) is 19.0 Å². The lowest BCUT2D eigenvalue weighted by molar-refractivity contribution is -0.141. The number of nitrogens with one attached hydrogen (secondary N) is 1. The highest BCUT2D eigenvalue weighted by atomic mass is 19.4. The first-order chi connectivity index (χ1) is 22.1. The van der Waals surface area contributed by atoms with Gasteiger partial charge in [-0.25, -0.2) is 4.68 Å². The number of ether oxygens (including phenoxy) is 1. The molecule has 0 bridgehead atoms. The average Bonchev–Trinajstić information content (AvgIpc) is 3.65. The van der Waals surface area contributed by atoms with Crippen LogP contribution in [0.5, 0.6) is 5.75 Å². The second kappa shape index (κ2) is 12.5. The van der Waals surface area contributed by atoms with E-state index >= 15 is 0 Å². The summed E-state index contributed by atoms with van der Waals surface area (Å²) in [6, 6.07) is 16.1. The number of anilines is 1. The Hall–Kier alpha value is -4.91. The molecule has 4 heterocycles. The number of fused-ring (bicyclic) bond motifs is 1. The Morgan fingerprint density at radius 1 is 1.04 bits per heavy atom. The van der Waals surface area contributed by atoms with Crippen LogP contribution in [0.3, 0.4) is 0 Å². The molecule has 1 saturated heterocycles. The van der Waals surface area contributed by atoms with Gasteiger partial charge in [0, 0.05) is 48.3 Å². The topological polar surface area (TPSA) is 102 Å². The van der Waals surface area contributed by atoms with Crippen molar-refractivity contribution in [3.8, 4) is 17.1 Å². The molecule has 10 nitrogen and oxygen atoms in total. The molecular formula is C33H33F3N6O4. The number of amides is 2. The lowest BCUT2D eigenvalue weighted by Gasteiger charge is -2.28. The lowest BCUT2D eigenvalue weighted by Crippen LogP contribution is -2.39. The van der Waals surface area contributed by atoms with Crippen LogP contribution in [-0.4, -0.2) is 70.9 Å². The molecule has 0 saturated carbocycles. The molecule has 1 atom stereocenters. The van der Waals surface area contributed by atoms with Gasteiger partial charge in [-0.2, -0.15) is 18.3 Å². The van der Waals surface area contributed by atoms with Gasteiger partial charge in [-0.15, -0.1) is 0 Å². The van der Waals surface area contributed by atoms with Crippen molar-refractivity contribution in [2.24, 2.45) is 0 Å². The molecule has 1 N–H and O–H groups in total. The number of aromatic nitrogens is 3. The first-order valence-corrected chi connectivity index (χ1v) is 15.0. The first-order valence-electron chi connectivity index (χ1n) is 15.0. The molecule has 1 unspecified atom stereocenters. The van der Waals surface area contributed by atoms with E-state index in [4.69, 9.17) is 4.74 Å². The number of benzene rings is 2. The van der Waals surface area contributed by atoms with Crippen LogP contribution in [-0.2, 0) is 12.6 Å². The van der Waals surface area contributed by atoms with Gasteiger partial charge < -0.3 is 19.9 Å². The van der Waals surface area contributed by atoms with Gasteiger partial charge >= 0.3 is 6.18 Å². The van der Waals surface area contributed by atoms with Crippen molar-refractivity contribution in [1.29, 1.82) is 0 Å². The molecule has 0 radical (unpaired) electrons. The average molecular weight is 635 g/mol. The third-order valence-corrected chi connectivity index (χ3v) is 8.66. The van der Waals surface area contributed by atoms with Gasteiger partial charge in [-0.1, -0.05) is 6.07 Å². The van der Waals surface area contributed by atoms with Gasteiger partial charge in [-0.05, 0) is 87.8 Å². The highest BCUT2D eigenvalue weighted by molar-refractivity contribution is 6.08. The largest absolute Gasteiger partial charge is 0.497 e. The molecule has 2 amide bonds. The quantitative estimate of drug-likeness (QED) is 0.307. The Morgan fingerprint density at radius 2 is 1.80 bits per heavy atom. The fourth-order valence-corrected chi connectivity index (χ4v) is 6.24. The standard InChI is InChI=1S/C33H33F3N6O4/c1-39-17-5-6-21(39)14-16-37-31(44)26-20-24(46-2)12-13-27(26)42-29-25(30(38-42)33(34,35)36)15-19-41(32(29)45)23-10-8-22(9-11-23)40-18-4-3-7-28(40)43/h3-4,7-13,18,20-21H,5-6,14-17,19H2,1-2H3,(H,37,44). The molecule has 0 spiro atoms. The molecule has 4 aromatic rings. The van der Waals surface area contributed by atoms with E-state index in [1.54, 1.807) is 42.6 Å². The number of carbonyl (C=O) groups excluding carboxylic acids is 2. The van der Waals surface area contributed by atoms with Crippen molar-refractivity contribution in [2.75, 3.05) is 38.7 Å². The maximum absolute atomic E-state index is 14.3.